The molecule has 0 saturated heterocycles. The third-order valence-corrected chi connectivity index (χ3v) is 3.00. The lowest BCUT2D eigenvalue weighted by atomic mass is 10.2. The molecule has 0 spiro atoms. The minimum atomic E-state index is 0.111. The molecule has 0 saturated carbocycles. The highest BCUT2D eigenvalue weighted by atomic mass is 79.9. The van der Waals surface area contributed by atoms with Crippen LogP contribution < -0.4 is 5.32 Å². The Labute approximate surface area is 103 Å². The minimum Gasteiger partial charge on any atom is -0.380 e. The van der Waals surface area contributed by atoms with Gasteiger partial charge in [-0.2, -0.15) is 0 Å². The van der Waals surface area contributed by atoms with Crippen molar-refractivity contribution in [1.82, 2.24) is 4.98 Å². The van der Waals surface area contributed by atoms with Crippen molar-refractivity contribution in [2.75, 3.05) is 12.4 Å². The van der Waals surface area contributed by atoms with Crippen LogP contribution in [0.25, 0.3) is 0 Å². The maximum Gasteiger partial charge on any atom is 0.152 e. The normalized spacial score (nSPS) is 14.7. The van der Waals surface area contributed by atoms with Gasteiger partial charge in [0.2, 0.25) is 0 Å². The third-order valence-electron chi connectivity index (χ3n) is 2.26. The molecule has 2 atom stereocenters. The Morgan fingerprint density at radius 3 is 2.80 bits per heavy atom. The second-order valence-electron chi connectivity index (χ2n) is 3.37. The largest absolute Gasteiger partial charge is 0.380 e. The monoisotopic (exact) mass is 292 g/mol. The summed E-state index contributed by atoms with van der Waals surface area (Å²) in [4.78, 5) is 4.03. The Morgan fingerprint density at radius 2 is 2.20 bits per heavy atom. The predicted molar refractivity (Wildman–Crippen MR) is 66.5 cm³/mol. The van der Waals surface area contributed by atoms with Gasteiger partial charge in [0, 0.05) is 23.8 Å². The van der Waals surface area contributed by atoms with Gasteiger partial charge in [-0.3, -0.25) is 0 Å². The van der Waals surface area contributed by atoms with Crippen LogP contribution in [0.1, 0.15) is 13.8 Å². The van der Waals surface area contributed by atoms with Crippen molar-refractivity contribution in [3.8, 4) is 0 Å². The molecule has 1 rings (SSSR count). The van der Waals surface area contributed by atoms with E-state index in [-0.39, 0.29) is 12.1 Å². The van der Waals surface area contributed by atoms with Gasteiger partial charge in [0.05, 0.1) is 11.8 Å². The molecule has 84 valence electrons. The van der Waals surface area contributed by atoms with E-state index in [1.54, 1.807) is 13.3 Å². The summed E-state index contributed by atoms with van der Waals surface area (Å²) in [5.41, 5.74) is 0.808. The van der Waals surface area contributed by atoms with Gasteiger partial charge in [0.25, 0.3) is 0 Å². The summed E-state index contributed by atoms with van der Waals surface area (Å²) in [6.07, 6.45) is 1.78. The number of aromatic nitrogens is 1. The number of hydrogen-bond acceptors (Lipinski definition) is 3. The van der Waals surface area contributed by atoms with Gasteiger partial charge in [-0.05, 0) is 35.8 Å². The lowest BCUT2D eigenvalue weighted by Gasteiger charge is -2.21. The number of nitrogens with zero attached hydrogens (tertiary/aromatic N) is 1. The molecule has 0 bridgehead atoms. The molecule has 5 heteroatoms. The second-order valence-corrected chi connectivity index (χ2v) is 4.64. The molecule has 0 fully saturated rings. The molecule has 0 aliphatic heterocycles. The molecule has 0 aliphatic carbocycles. The quantitative estimate of drug-likeness (QED) is 0.865. The van der Waals surface area contributed by atoms with Crippen LogP contribution in [-0.2, 0) is 4.74 Å². The van der Waals surface area contributed by atoms with E-state index < -0.39 is 0 Å². The Morgan fingerprint density at radius 1 is 1.53 bits per heavy atom. The molecule has 1 aromatic rings. The maximum absolute atomic E-state index is 5.95. The van der Waals surface area contributed by atoms with Crippen LogP contribution in [-0.4, -0.2) is 24.2 Å². The van der Waals surface area contributed by atoms with Crippen molar-refractivity contribution >= 4 is 33.2 Å². The molecule has 2 unspecified atom stereocenters. The number of ether oxygens (including phenoxy) is 1. The van der Waals surface area contributed by atoms with Crippen LogP contribution in [0.2, 0.25) is 5.15 Å². The van der Waals surface area contributed by atoms with Crippen molar-refractivity contribution in [2.24, 2.45) is 0 Å². The van der Waals surface area contributed by atoms with Gasteiger partial charge in [-0.15, -0.1) is 0 Å². The summed E-state index contributed by atoms with van der Waals surface area (Å²) >= 11 is 9.30. The standard InChI is InChI=1S/C10H14BrClN2O/c1-6(7(2)15-3)14-9-4-8(11)5-13-10(9)12/h4-7,14H,1-3H3. The SMILES string of the molecule is COC(C)C(C)Nc1cc(Br)cnc1Cl. The first-order valence-electron chi connectivity index (χ1n) is 4.65. The van der Waals surface area contributed by atoms with E-state index in [1.165, 1.54) is 0 Å². The molecular weight excluding hydrogens is 279 g/mol. The van der Waals surface area contributed by atoms with Gasteiger partial charge in [-0.1, -0.05) is 11.6 Å². The first-order valence-corrected chi connectivity index (χ1v) is 5.82. The fourth-order valence-corrected chi connectivity index (χ4v) is 1.58. The van der Waals surface area contributed by atoms with Gasteiger partial charge < -0.3 is 10.1 Å². The average molecular weight is 294 g/mol. The van der Waals surface area contributed by atoms with Crippen molar-refractivity contribution in [3.05, 3.63) is 21.9 Å². The summed E-state index contributed by atoms with van der Waals surface area (Å²) in [6, 6.07) is 2.07. The highest BCUT2D eigenvalue weighted by Crippen LogP contribution is 2.24. The van der Waals surface area contributed by atoms with E-state index in [1.807, 2.05) is 19.9 Å². The number of anilines is 1. The van der Waals surface area contributed by atoms with E-state index >= 15 is 0 Å². The summed E-state index contributed by atoms with van der Waals surface area (Å²) in [7, 11) is 1.68. The molecule has 0 radical (unpaired) electrons. The number of pyridine rings is 1. The van der Waals surface area contributed by atoms with Crippen molar-refractivity contribution < 1.29 is 4.74 Å². The van der Waals surface area contributed by atoms with E-state index in [2.05, 4.69) is 26.2 Å². The zero-order valence-electron chi connectivity index (χ0n) is 8.92. The first-order chi connectivity index (χ1) is 7.04. The van der Waals surface area contributed by atoms with E-state index in [9.17, 15) is 0 Å². The zero-order valence-corrected chi connectivity index (χ0v) is 11.3. The van der Waals surface area contributed by atoms with Crippen molar-refractivity contribution in [2.45, 2.75) is 26.0 Å². The second kappa shape index (κ2) is 5.68. The smallest absolute Gasteiger partial charge is 0.152 e. The van der Waals surface area contributed by atoms with Crippen LogP contribution in [0.5, 0.6) is 0 Å². The lowest BCUT2D eigenvalue weighted by Crippen LogP contribution is -2.29. The molecule has 1 N–H and O–H groups in total. The molecule has 1 heterocycles. The molecule has 3 nitrogen and oxygen atoms in total. The molecular formula is C10H14BrClN2O. The first kappa shape index (κ1) is 12.7. The van der Waals surface area contributed by atoms with Gasteiger partial charge >= 0.3 is 0 Å². The summed E-state index contributed by atoms with van der Waals surface area (Å²) < 4.78 is 6.11. The van der Waals surface area contributed by atoms with Crippen LogP contribution in [0, 0.1) is 0 Å². The van der Waals surface area contributed by atoms with Gasteiger partial charge in [-0.25, -0.2) is 4.98 Å². The van der Waals surface area contributed by atoms with Crippen LogP contribution in [0.15, 0.2) is 16.7 Å². The number of nitrogens with one attached hydrogen (secondary N) is 1. The number of hydrogen-bond donors (Lipinski definition) is 1. The highest BCUT2D eigenvalue weighted by molar-refractivity contribution is 9.10. The summed E-state index contributed by atoms with van der Waals surface area (Å²) in [5.74, 6) is 0. The van der Waals surface area contributed by atoms with Crippen LogP contribution >= 0.6 is 27.5 Å². The Kier molecular flexibility index (Phi) is 4.83. The topological polar surface area (TPSA) is 34.1 Å². The molecule has 0 aromatic carbocycles. The van der Waals surface area contributed by atoms with E-state index in [4.69, 9.17) is 16.3 Å². The number of rotatable bonds is 4. The number of halogens is 2. The van der Waals surface area contributed by atoms with E-state index in [0.29, 0.717) is 5.15 Å². The predicted octanol–water partition coefficient (Wildman–Crippen LogP) is 3.33. The molecule has 15 heavy (non-hydrogen) atoms. The summed E-state index contributed by atoms with van der Waals surface area (Å²) in [6.45, 7) is 4.03. The molecule has 0 aliphatic rings. The van der Waals surface area contributed by atoms with Crippen LogP contribution in [0.4, 0.5) is 5.69 Å². The fraction of sp³-hybridized carbons (Fsp3) is 0.500. The average Bonchev–Trinajstić information content (AvgIpc) is 2.22. The zero-order chi connectivity index (χ0) is 11.4. The number of methoxy groups -OCH3 is 1. The van der Waals surface area contributed by atoms with Gasteiger partial charge in [0.15, 0.2) is 5.15 Å². The molecule has 1 aromatic heterocycles. The maximum atomic E-state index is 5.95. The summed E-state index contributed by atoms with van der Waals surface area (Å²) in [5, 5.41) is 3.72. The van der Waals surface area contributed by atoms with Crippen molar-refractivity contribution in [3.63, 3.8) is 0 Å². The fourth-order valence-electron chi connectivity index (χ4n) is 1.09. The van der Waals surface area contributed by atoms with Crippen LogP contribution in [0.3, 0.4) is 0 Å². The highest BCUT2D eigenvalue weighted by Gasteiger charge is 2.12. The Hall–Kier alpha value is -0.320. The Balaban J connectivity index is 2.75. The lowest BCUT2D eigenvalue weighted by molar-refractivity contribution is 0.106. The Bertz CT molecular complexity index is 335. The van der Waals surface area contributed by atoms with E-state index in [0.717, 1.165) is 10.2 Å². The van der Waals surface area contributed by atoms with Gasteiger partial charge in [0.1, 0.15) is 0 Å². The minimum absolute atomic E-state index is 0.111. The van der Waals surface area contributed by atoms with Crippen molar-refractivity contribution in [1.29, 1.82) is 0 Å². The molecule has 0 amide bonds. The third kappa shape index (κ3) is 3.63.